The van der Waals surface area contributed by atoms with Crippen molar-refractivity contribution < 1.29 is 23.0 Å². The molecule has 0 bridgehead atoms. The van der Waals surface area contributed by atoms with Gasteiger partial charge in [0.15, 0.2) is 0 Å². The van der Waals surface area contributed by atoms with Gasteiger partial charge in [-0.3, -0.25) is 0 Å². The van der Waals surface area contributed by atoms with Gasteiger partial charge in [-0.05, 0) is 24.2 Å². The van der Waals surface area contributed by atoms with E-state index in [9.17, 15) is 13.2 Å². The summed E-state index contributed by atoms with van der Waals surface area (Å²) < 4.78 is 44.2. The number of aliphatic hydroxyl groups excluding tert-OH is 1. The van der Waals surface area contributed by atoms with Crippen LogP contribution in [0.1, 0.15) is 25.0 Å². The Morgan fingerprint density at radius 1 is 1.35 bits per heavy atom. The van der Waals surface area contributed by atoms with Crippen molar-refractivity contribution in [1.29, 1.82) is 0 Å². The number of hydrogen-bond donors (Lipinski definition) is 2. The molecule has 0 aliphatic carbocycles. The lowest BCUT2D eigenvalue weighted by Gasteiger charge is -2.17. The summed E-state index contributed by atoms with van der Waals surface area (Å²) in [5.41, 5.74) is -0.222. The number of halogens is 3. The molecule has 0 radical (unpaired) electrons. The average Bonchev–Trinajstić information content (AvgIpc) is 2.41. The molecule has 114 valence electrons. The summed E-state index contributed by atoms with van der Waals surface area (Å²) >= 11 is 0. The SMILES string of the molecule is CCNCc1ccc(OCC(C)CO)c(C(F)(F)F)c1. The molecule has 1 unspecified atom stereocenters. The molecule has 0 saturated carbocycles. The normalized spacial score (nSPS) is 13.3. The molecule has 0 spiro atoms. The first-order chi connectivity index (χ1) is 9.38. The van der Waals surface area contributed by atoms with Crippen LogP contribution >= 0.6 is 0 Å². The van der Waals surface area contributed by atoms with E-state index < -0.39 is 11.7 Å². The second kappa shape index (κ2) is 7.50. The van der Waals surface area contributed by atoms with E-state index in [1.54, 1.807) is 13.0 Å². The smallest absolute Gasteiger partial charge is 0.419 e. The van der Waals surface area contributed by atoms with Gasteiger partial charge in [0.1, 0.15) is 5.75 Å². The van der Waals surface area contributed by atoms with Gasteiger partial charge in [0.2, 0.25) is 0 Å². The Hall–Kier alpha value is -1.27. The highest BCUT2D eigenvalue weighted by Crippen LogP contribution is 2.37. The van der Waals surface area contributed by atoms with Gasteiger partial charge in [-0.1, -0.05) is 19.9 Å². The predicted octanol–water partition coefficient (Wildman–Crippen LogP) is 2.82. The van der Waals surface area contributed by atoms with E-state index in [2.05, 4.69) is 5.32 Å². The van der Waals surface area contributed by atoms with E-state index in [0.717, 1.165) is 6.07 Å². The molecule has 0 saturated heterocycles. The maximum absolute atomic E-state index is 13.0. The molecule has 0 aromatic heterocycles. The second-order valence-corrected chi connectivity index (χ2v) is 4.71. The zero-order valence-corrected chi connectivity index (χ0v) is 11.6. The number of hydrogen-bond acceptors (Lipinski definition) is 3. The van der Waals surface area contributed by atoms with Gasteiger partial charge in [-0.25, -0.2) is 0 Å². The van der Waals surface area contributed by atoms with Crippen molar-refractivity contribution in [2.75, 3.05) is 19.8 Å². The van der Waals surface area contributed by atoms with Crippen LogP contribution in [-0.4, -0.2) is 24.9 Å². The topological polar surface area (TPSA) is 41.5 Å². The molecule has 1 atom stereocenters. The van der Waals surface area contributed by atoms with Gasteiger partial charge < -0.3 is 15.2 Å². The van der Waals surface area contributed by atoms with Crippen molar-refractivity contribution in [2.24, 2.45) is 5.92 Å². The van der Waals surface area contributed by atoms with Crippen LogP contribution in [0.25, 0.3) is 0 Å². The molecule has 0 fully saturated rings. The predicted molar refractivity (Wildman–Crippen MR) is 70.6 cm³/mol. The fraction of sp³-hybridized carbons (Fsp3) is 0.571. The highest BCUT2D eigenvalue weighted by molar-refractivity contribution is 5.39. The molecule has 20 heavy (non-hydrogen) atoms. The summed E-state index contributed by atoms with van der Waals surface area (Å²) in [5.74, 6) is -0.407. The minimum Gasteiger partial charge on any atom is -0.493 e. The second-order valence-electron chi connectivity index (χ2n) is 4.71. The first-order valence-electron chi connectivity index (χ1n) is 6.53. The molecule has 1 aromatic rings. The van der Waals surface area contributed by atoms with Gasteiger partial charge in [0.05, 0.1) is 12.2 Å². The Bertz CT molecular complexity index is 421. The number of rotatable bonds is 7. The number of benzene rings is 1. The largest absolute Gasteiger partial charge is 0.493 e. The van der Waals surface area contributed by atoms with Crippen molar-refractivity contribution in [3.63, 3.8) is 0 Å². The Morgan fingerprint density at radius 2 is 2.05 bits per heavy atom. The lowest BCUT2D eigenvalue weighted by Crippen LogP contribution is -2.16. The Labute approximate surface area is 116 Å². The van der Waals surface area contributed by atoms with Gasteiger partial charge in [-0.2, -0.15) is 13.2 Å². The summed E-state index contributed by atoms with van der Waals surface area (Å²) in [6.07, 6.45) is -4.46. The van der Waals surface area contributed by atoms with E-state index in [0.29, 0.717) is 18.7 Å². The van der Waals surface area contributed by atoms with E-state index >= 15 is 0 Å². The van der Waals surface area contributed by atoms with Crippen molar-refractivity contribution in [3.8, 4) is 5.75 Å². The van der Waals surface area contributed by atoms with E-state index in [1.165, 1.54) is 6.07 Å². The fourth-order valence-electron chi connectivity index (χ4n) is 1.59. The van der Waals surface area contributed by atoms with E-state index in [1.807, 2.05) is 6.92 Å². The van der Waals surface area contributed by atoms with Gasteiger partial charge in [0, 0.05) is 19.1 Å². The molecule has 3 nitrogen and oxygen atoms in total. The number of alkyl halides is 3. The van der Waals surface area contributed by atoms with Gasteiger partial charge in [-0.15, -0.1) is 0 Å². The molecular formula is C14H20F3NO2. The third-order valence-electron chi connectivity index (χ3n) is 2.76. The quantitative estimate of drug-likeness (QED) is 0.811. The molecule has 0 aliphatic heterocycles. The molecule has 0 amide bonds. The van der Waals surface area contributed by atoms with Crippen LogP contribution in [0.15, 0.2) is 18.2 Å². The van der Waals surface area contributed by atoms with Crippen LogP contribution in [-0.2, 0) is 12.7 Å². The summed E-state index contributed by atoms with van der Waals surface area (Å²) in [4.78, 5) is 0. The molecule has 6 heteroatoms. The number of ether oxygens (including phenoxy) is 1. The summed E-state index contributed by atoms with van der Waals surface area (Å²) in [6, 6.07) is 4.04. The molecular weight excluding hydrogens is 271 g/mol. The maximum atomic E-state index is 13.0. The van der Waals surface area contributed by atoms with Crippen LogP contribution in [0.2, 0.25) is 0 Å². The lowest BCUT2D eigenvalue weighted by atomic mass is 10.1. The molecule has 2 N–H and O–H groups in total. The zero-order chi connectivity index (χ0) is 15.2. The Morgan fingerprint density at radius 3 is 2.60 bits per heavy atom. The van der Waals surface area contributed by atoms with Crippen LogP contribution in [0.4, 0.5) is 13.2 Å². The highest BCUT2D eigenvalue weighted by Gasteiger charge is 2.34. The Balaban J connectivity index is 2.92. The van der Waals surface area contributed by atoms with Crippen molar-refractivity contribution in [1.82, 2.24) is 5.32 Å². The average molecular weight is 291 g/mol. The standard InChI is InChI=1S/C14H20F3NO2/c1-3-18-7-11-4-5-13(20-9-10(2)8-19)12(6-11)14(15,16)17/h4-6,10,18-19H,3,7-9H2,1-2H3. The summed E-state index contributed by atoms with van der Waals surface area (Å²) in [7, 11) is 0. The third-order valence-corrected chi connectivity index (χ3v) is 2.76. The van der Waals surface area contributed by atoms with Gasteiger partial charge >= 0.3 is 6.18 Å². The molecule has 0 aliphatic rings. The van der Waals surface area contributed by atoms with Gasteiger partial charge in [0.25, 0.3) is 0 Å². The van der Waals surface area contributed by atoms with Crippen molar-refractivity contribution in [3.05, 3.63) is 29.3 Å². The molecule has 1 rings (SSSR count). The number of aliphatic hydroxyl groups is 1. The molecule has 0 heterocycles. The zero-order valence-electron chi connectivity index (χ0n) is 11.6. The Kier molecular flexibility index (Phi) is 6.29. The van der Waals surface area contributed by atoms with Crippen LogP contribution in [0.3, 0.4) is 0 Å². The van der Waals surface area contributed by atoms with Crippen LogP contribution in [0.5, 0.6) is 5.75 Å². The first kappa shape index (κ1) is 16.8. The van der Waals surface area contributed by atoms with E-state index in [4.69, 9.17) is 9.84 Å². The van der Waals surface area contributed by atoms with Crippen molar-refractivity contribution >= 4 is 0 Å². The number of nitrogens with one attached hydrogen (secondary N) is 1. The van der Waals surface area contributed by atoms with Crippen LogP contribution < -0.4 is 10.1 Å². The highest BCUT2D eigenvalue weighted by atomic mass is 19.4. The lowest BCUT2D eigenvalue weighted by molar-refractivity contribution is -0.139. The summed E-state index contributed by atoms with van der Waals surface area (Å²) in [6.45, 7) is 4.58. The van der Waals surface area contributed by atoms with Crippen molar-refractivity contribution in [2.45, 2.75) is 26.6 Å². The fourth-order valence-corrected chi connectivity index (χ4v) is 1.59. The third kappa shape index (κ3) is 5.02. The first-order valence-corrected chi connectivity index (χ1v) is 6.53. The summed E-state index contributed by atoms with van der Waals surface area (Å²) in [5, 5.41) is 11.9. The van der Waals surface area contributed by atoms with Crippen LogP contribution in [0, 0.1) is 5.92 Å². The molecule has 1 aromatic carbocycles. The minimum atomic E-state index is -4.46. The monoisotopic (exact) mass is 291 g/mol. The maximum Gasteiger partial charge on any atom is 0.419 e. The minimum absolute atomic E-state index is 0.0478. The van der Waals surface area contributed by atoms with E-state index in [-0.39, 0.29) is 24.9 Å².